The van der Waals surface area contributed by atoms with Gasteiger partial charge < -0.3 is 23.4 Å². The van der Waals surface area contributed by atoms with Crippen molar-refractivity contribution in [2.75, 3.05) is 9.80 Å². The molecule has 0 atom stereocenters. The third-order valence-corrected chi connectivity index (χ3v) is 25.8. The van der Waals surface area contributed by atoms with E-state index in [0.717, 1.165) is 84.1 Å². The Balaban J connectivity index is 0.000000143. The summed E-state index contributed by atoms with van der Waals surface area (Å²) in [6, 6.07) is 171. The standard InChI is InChI=1S/C60H40N2O.C58H38N2S/c1-2-10-41(11-3-1)42-18-20-43(21-19-42)45-26-31-49(32-27-45)61(51-35-37-52(38-36-51)62-57-15-7-4-12-53(57)54-13-5-8-16-58(54)62)50-33-28-46(29-34-50)44-22-24-47(25-23-44)48-30-39-56-55-14-6-9-17-59(55)63-60(56)40-48;1-2-10-44-37-45(22-21-39(44)9-1)42-19-17-40(18-20-42)41-23-28-47(29-24-41)59(48-30-25-43(26-31-48)46-27-36-58-54(38-46)53-13-5-8-16-57(53)61-58)49-32-34-50(35-33-49)60-55-14-6-3-11-51(55)52-12-4-7-15-56(52)60/h1-40H;1-38H. The van der Waals surface area contributed by atoms with Gasteiger partial charge >= 0.3 is 0 Å². The molecule has 0 aliphatic heterocycles. The Morgan fingerprint density at radius 3 is 0.887 bits per heavy atom. The molecule has 6 heteroatoms. The Labute approximate surface area is 722 Å². The van der Waals surface area contributed by atoms with Gasteiger partial charge in [-0.2, -0.15) is 0 Å². The molecule has 0 saturated carbocycles. The van der Waals surface area contributed by atoms with Crippen LogP contribution in [-0.4, -0.2) is 9.13 Å². The molecule has 20 aromatic carbocycles. The molecule has 582 valence electrons. The number of benzene rings is 20. The van der Waals surface area contributed by atoms with Crippen LogP contribution in [0.2, 0.25) is 0 Å². The predicted octanol–water partition coefficient (Wildman–Crippen LogP) is 33.6. The van der Waals surface area contributed by atoms with E-state index in [1.54, 1.807) is 0 Å². The third kappa shape index (κ3) is 13.5. The summed E-state index contributed by atoms with van der Waals surface area (Å²) in [5.41, 5.74) is 32.1. The highest BCUT2D eigenvalue weighted by Crippen LogP contribution is 2.45. The van der Waals surface area contributed by atoms with E-state index in [1.165, 1.54) is 136 Å². The van der Waals surface area contributed by atoms with Gasteiger partial charge in [-0.25, -0.2) is 0 Å². The third-order valence-electron chi connectivity index (χ3n) is 24.7. The molecule has 0 bridgehead atoms. The quantitative estimate of drug-likeness (QED) is 0.102. The van der Waals surface area contributed by atoms with E-state index < -0.39 is 0 Å². The number of rotatable bonds is 15. The maximum atomic E-state index is 6.19. The molecule has 0 fully saturated rings. The van der Waals surface area contributed by atoms with Crippen LogP contribution in [0.1, 0.15) is 0 Å². The average Bonchev–Trinajstić information content (AvgIpc) is 1.60. The van der Waals surface area contributed by atoms with E-state index in [9.17, 15) is 0 Å². The van der Waals surface area contributed by atoms with Gasteiger partial charge in [-0.1, -0.05) is 309 Å². The van der Waals surface area contributed by atoms with Gasteiger partial charge in [0.1, 0.15) is 11.2 Å². The number of fused-ring (bicyclic) bond motifs is 13. The topological polar surface area (TPSA) is 29.5 Å². The lowest BCUT2D eigenvalue weighted by molar-refractivity contribution is 0.669. The van der Waals surface area contributed by atoms with Crippen LogP contribution in [0.4, 0.5) is 34.1 Å². The van der Waals surface area contributed by atoms with Crippen molar-refractivity contribution < 1.29 is 4.42 Å². The summed E-state index contributed by atoms with van der Waals surface area (Å²) in [6.45, 7) is 0. The molecular formula is C118H78N4OS. The molecule has 24 aromatic rings. The highest BCUT2D eigenvalue weighted by Gasteiger charge is 2.21. The largest absolute Gasteiger partial charge is 0.456 e. The number of hydrogen-bond donors (Lipinski definition) is 0. The molecule has 24 rings (SSSR count). The summed E-state index contributed by atoms with van der Waals surface area (Å²) >= 11 is 1.86. The zero-order valence-electron chi connectivity index (χ0n) is 67.6. The predicted molar refractivity (Wildman–Crippen MR) is 527 cm³/mol. The first-order valence-electron chi connectivity index (χ1n) is 42.3. The van der Waals surface area contributed by atoms with E-state index >= 15 is 0 Å². The number of furan rings is 1. The first-order valence-corrected chi connectivity index (χ1v) is 43.1. The highest BCUT2D eigenvalue weighted by molar-refractivity contribution is 7.25. The van der Waals surface area contributed by atoms with Gasteiger partial charge in [0.05, 0.1) is 22.1 Å². The van der Waals surface area contributed by atoms with Crippen molar-refractivity contribution in [2.24, 2.45) is 0 Å². The molecule has 4 aromatic heterocycles. The van der Waals surface area contributed by atoms with Crippen LogP contribution in [0.5, 0.6) is 0 Å². The zero-order chi connectivity index (χ0) is 82.0. The summed E-state index contributed by atoms with van der Waals surface area (Å²) in [4.78, 5) is 4.71. The average molecular weight is 1600 g/mol. The van der Waals surface area contributed by atoms with Gasteiger partial charge in [-0.05, 0) is 252 Å². The van der Waals surface area contributed by atoms with Gasteiger partial charge in [0.25, 0.3) is 0 Å². The number of anilines is 6. The van der Waals surface area contributed by atoms with E-state index in [-0.39, 0.29) is 0 Å². The second-order valence-electron chi connectivity index (χ2n) is 31.9. The Morgan fingerprint density at radius 1 is 0.169 bits per heavy atom. The van der Waals surface area contributed by atoms with Crippen LogP contribution < -0.4 is 9.80 Å². The van der Waals surface area contributed by atoms with E-state index in [1.807, 2.05) is 23.5 Å². The molecule has 0 unspecified atom stereocenters. The molecular weight excluding hydrogens is 1520 g/mol. The maximum Gasteiger partial charge on any atom is 0.136 e. The molecule has 0 radical (unpaired) electrons. The highest BCUT2D eigenvalue weighted by atomic mass is 32.1. The summed E-state index contributed by atoms with van der Waals surface area (Å²) in [5.74, 6) is 0. The number of para-hydroxylation sites is 5. The normalized spacial score (nSPS) is 11.5. The molecule has 0 spiro atoms. The minimum Gasteiger partial charge on any atom is -0.456 e. The van der Waals surface area contributed by atoms with Crippen molar-refractivity contribution in [1.82, 2.24) is 9.13 Å². The first kappa shape index (κ1) is 73.1. The fraction of sp³-hybridized carbons (Fsp3) is 0. The van der Waals surface area contributed by atoms with Crippen LogP contribution in [0.3, 0.4) is 0 Å². The second-order valence-corrected chi connectivity index (χ2v) is 33.0. The summed E-state index contributed by atoms with van der Waals surface area (Å²) in [5, 5.41) is 12.5. The molecule has 5 nitrogen and oxygen atoms in total. The molecule has 0 aliphatic rings. The number of aromatic nitrogens is 2. The van der Waals surface area contributed by atoms with Crippen LogP contribution in [0, 0.1) is 0 Å². The van der Waals surface area contributed by atoms with Crippen molar-refractivity contribution in [3.8, 4) is 89.3 Å². The van der Waals surface area contributed by atoms with Gasteiger partial charge in [0.2, 0.25) is 0 Å². The number of hydrogen-bond acceptors (Lipinski definition) is 4. The molecule has 0 aliphatic carbocycles. The van der Waals surface area contributed by atoms with Crippen molar-refractivity contribution in [2.45, 2.75) is 0 Å². The van der Waals surface area contributed by atoms with Gasteiger partial charge in [-0.15, -0.1) is 11.3 Å². The fourth-order valence-corrected chi connectivity index (χ4v) is 19.5. The smallest absolute Gasteiger partial charge is 0.136 e. The monoisotopic (exact) mass is 1600 g/mol. The van der Waals surface area contributed by atoms with E-state index in [4.69, 9.17) is 4.42 Å². The molecule has 0 amide bonds. The number of thiophene rings is 1. The fourth-order valence-electron chi connectivity index (χ4n) is 18.4. The van der Waals surface area contributed by atoms with Crippen molar-refractivity contribution in [3.05, 3.63) is 473 Å². The Morgan fingerprint density at radius 2 is 0.452 bits per heavy atom. The van der Waals surface area contributed by atoms with E-state index in [0.29, 0.717) is 0 Å². The molecule has 0 saturated heterocycles. The van der Waals surface area contributed by atoms with Gasteiger partial charge in [0, 0.05) is 98.0 Å². The maximum absolute atomic E-state index is 6.19. The zero-order valence-corrected chi connectivity index (χ0v) is 68.5. The number of nitrogens with zero attached hydrogens (tertiary/aromatic N) is 4. The molecule has 0 N–H and O–H groups in total. The lowest BCUT2D eigenvalue weighted by Gasteiger charge is -2.26. The molecule has 124 heavy (non-hydrogen) atoms. The minimum atomic E-state index is 0.909. The van der Waals surface area contributed by atoms with Crippen LogP contribution in [0.15, 0.2) is 478 Å². The lowest BCUT2D eigenvalue weighted by atomic mass is 9.98. The lowest BCUT2D eigenvalue weighted by Crippen LogP contribution is -2.10. The summed E-state index contributed by atoms with van der Waals surface area (Å²) in [6.07, 6.45) is 0. The minimum absolute atomic E-state index is 0.909. The Hall–Kier alpha value is -16.1. The van der Waals surface area contributed by atoms with Crippen LogP contribution in [0.25, 0.3) is 186 Å². The van der Waals surface area contributed by atoms with Gasteiger partial charge in [0.15, 0.2) is 0 Å². The summed E-state index contributed by atoms with van der Waals surface area (Å²) < 4.78 is 13.6. The first-order chi connectivity index (χ1) is 61.4. The Kier molecular flexibility index (Phi) is 18.4. The Bertz CT molecular complexity index is 7980. The summed E-state index contributed by atoms with van der Waals surface area (Å²) in [7, 11) is 0. The van der Waals surface area contributed by atoms with Crippen molar-refractivity contribution >= 4 is 142 Å². The van der Waals surface area contributed by atoms with Crippen molar-refractivity contribution in [1.29, 1.82) is 0 Å². The van der Waals surface area contributed by atoms with Gasteiger partial charge in [-0.3, -0.25) is 0 Å². The van der Waals surface area contributed by atoms with E-state index in [2.05, 4.69) is 480 Å². The van der Waals surface area contributed by atoms with Crippen LogP contribution in [-0.2, 0) is 0 Å². The second kappa shape index (κ2) is 31.2. The van der Waals surface area contributed by atoms with Crippen molar-refractivity contribution in [3.63, 3.8) is 0 Å². The van der Waals surface area contributed by atoms with Crippen LogP contribution >= 0.6 is 11.3 Å². The SMILES string of the molecule is c1ccc(-c2ccc(-c3ccc(N(c4ccc(-c5ccc(-c6ccc7c(c6)oc6ccccc67)cc5)cc4)c4ccc(-n5c6ccccc6c6ccccc65)cc4)cc3)cc2)cc1.c1ccc2cc(-c3ccc(-c4ccc(N(c5ccc(-c6ccc7sc8ccccc8c7c6)cc5)c5ccc(-n6c7ccccc7c7ccccc76)cc5)cc4)cc3)ccc2c1. The molecule has 4 heterocycles.